The first-order valence-corrected chi connectivity index (χ1v) is 8.56. The number of carboxylic acid groups (broad SMARTS) is 1. The smallest absolute Gasteiger partial charge is 0.353 e. The summed E-state index contributed by atoms with van der Waals surface area (Å²) < 4.78 is 0. The zero-order valence-electron chi connectivity index (χ0n) is 10.1. The quantitative estimate of drug-likeness (QED) is 0.718. The highest BCUT2D eigenvalue weighted by Crippen LogP contribution is 2.45. The van der Waals surface area contributed by atoms with Gasteiger partial charge in [-0.05, 0) is 0 Å². The Balaban J connectivity index is 1.90. The van der Waals surface area contributed by atoms with Crippen molar-refractivity contribution in [2.24, 2.45) is 5.73 Å². The highest BCUT2D eigenvalue weighted by molar-refractivity contribution is 8.17. The number of β-lactam (4-membered cyclic amide) rings is 1. The number of amides is 1. The van der Waals surface area contributed by atoms with Crippen molar-refractivity contribution in [3.05, 3.63) is 21.6 Å². The van der Waals surface area contributed by atoms with Crippen molar-refractivity contribution >= 4 is 52.3 Å². The number of nitrogens with zero attached hydrogens (tertiary/aromatic N) is 1. The summed E-state index contributed by atoms with van der Waals surface area (Å²) in [6.45, 7) is 0. The Hall–Kier alpha value is -0.900. The maximum Gasteiger partial charge on any atom is 0.353 e. The maximum absolute atomic E-state index is 11.8. The van der Waals surface area contributed by atoms with E-state index in [0.29, 0.717) is 16.4 Å². The van der Waals surface area contributed by atoms with E-state index in [1.54, 1.807) is 0 Å². The fourth-order valence-electron chi connectivity index (χ4n) is 2.14. The molecule has 0 aromatic heterocycles. The first-order chi connectivity index (χ1) is 9.49. The fraction of sp³-hybridized carbons (Fsp3) is 0.364. The molecule has 106 valence electrons. The van der Waals surface area contributed by atoms with Crippen molar-refractivity contribution in [2.45, 2.75) is 11.4 Å². The van der Waals surface area contributed by atoms with Crippen molar-refractivity contribution in [3.8, 4) is 0 Å². The molecule has 3 N–H and O–H groups in total. The predicted molar refractivity (Wildman–Crippen MR) is 78.9 cm³/mol. The highest BCUT2D eigenvalue weighted by Gasteiger charge is 2.51. The molecule has 2 atom stereocenters. The van der Waals surface area contributed by atoms with Gasteiger partial charge in [0.05, 0.1) is 0 Å². The van der Waals surface area contributed by atoms with E-state index in [-0.39, 0.29) is 22.1 Å². The first-order valence-electron chi connectivity index (χ1n) is 5.71. The lowest BCUT2D eigenvalue weighted by molar-refractivity contribution is -0.147. The van der Waals surface area contributed by atoms with Crippen LogP contribution in [-0.4, -0.2) is 49.9 Å². The van der Waals surface area contributed by atoms with Crippen LogP contribution in [0.15, 0.2) is 21.6 Å². The molecule has 0 radical (unpaired) electrons. The second-order valence-corrected chi connectivity index (χ2v) is 7.64. The molecule has 3 aliphatic heterocycles. The number of thioether (sulfide) groups is 3. The molecular formula is C11H10N2O4S3. The molecule has 0 aromatic rings. The maximum atomic E-state index is 11.8. The summed E-state index contributed by atoms with van der Waals surface area (Å²) in [4.78, 5) is 37.1. The van der Waals surface area contributed by atoms with Gasteiger partial charge in [0, 0.05) is 27.4 Å². The molecule has 3 rings (SSSR count). The lowest BCUT2D eigenvalue weighted by Crippen LogP contribution is -2.68. The molecule has 3 aliphatic rings. The molecule has 0 aliphatic carbocycles. The summed E-state index contributed by atoms with van der Waals surface area (Å²) in [5.74, 6) is -0.439. The van der Waals surface area contributed by atoms with Crippen LogP contribution in [0.1, 0.15) is 0 Å². The molecule has 1 amide bonds. The largest absolute Gasteiger partial charge is 0.477 e. The van der Waals surface area contributed by atoms with Crippen molar-refractivity contribution in [1.82, 2.24) is 4.90 Å². The van der Waals surface area contributed by atoms with E-state index in [2.05, 4.69) is 0 Å². The lowest BCUT2D eigenvalue weighted by atomic mass is 10.1. The zero-order chi connectivity index (χ0) is 14.4. The number of nitrogens with two attached hydrogens (primary N) is 1. The monoisotopic (exact) mass is 330 g/mol. The minimum absolute atomic E-state index is 0.00991. The van der Waals surface area contributed by atoms with Crippen LogP contribution in [0.5, 0.6) is 0 Å². The van der Waals surface area contributed by atoms with Crippen molar-refractivity contribution < 1.29 is 19.5 Å². The molecule has 0 saturated carbocycles. The van der Waals surface area contributed by atoms with Gasteiger partial charge >= 0.3 is 5.97 Å². The molecule has 3 heterocycles. The highest BCUT2D eigenvalue weighted by atomic mass is 32.2. The van der Waals surface area contributed by atoms with Gasteiger partial charge in [-0.15, -0.1) is 11.8 Å². The minimum atomic E-state index is -1.13. The molecule has 0 spiro atoms. The SMILES string of the molecule is N[C@@H]1C(=O)N2C(C(=O)O)=C(SC3=CC(=O)SC3)CS[C@H]12. The summed E-state index contributed by atoms with van der Waals surface area (Å²) in [7, 11) is 0. The van der Waals surface area contributed by atoms with Gasteiger partial charge in [0.25, 0.3) is 0 Å². The molecule has 9 heteroatoms. The molecule has 0 unspecified atom stereocenters. The van der Waals surface area contributed by atoms with Gasteiger partial charge < -0.3 is 10.8 Å². The van der Waals surface area contributed by atoms with E-state index in [0.717, 1.165) is 4.91 Å². The third-order valence-electron chi connectivity index (χ3n) is 3.07. The van der Waals surface area contributed by atoms with Crippen LogP contribution in [0.2, 0.25) is 0 Å². The zero-order valence-corrected chi connectivity index (χ0v) is 12.5. The van der Waals surface area contributed by atoms with Gasteiger partial charge in [0.1, 0.15) is 17.1 Å². The molecule has 1 fully saturated rings. The predicted octanol–water partition coefficient (Wildman–Crippen LogP) is 0.416. The lowest BCUT2D eigenvalue weighted by Gasteiger charge is -2.47. The van der Waals surface area contributed by atoms with E-state index in [9.17, 15) is 19.5 Å². The third kappa shape index (κ3) is 2.18. The van der Waals surface area contributed by atoms with Crippen LogP contribution >= 0.6 is 35.3 Å². The number of aliphatic carboxylic acids is 1. The van der Waals surface area contributed by atoms with Crippen LogP contribution < -0.4 is 5.73 Å². The second-order valence-electron chi connectivity index (χ2n) is 4.33. The van der Waals surface area contributed by atoms with Gasteiger partial charge in [0.2, 0.25) is 11.0 Å². The summed E-state index contributed by atoms with van der Waals surface area (Å²) >= 11 is 3.92. The normalized spacial score (nSPS) is 29.2. The Morgan fingerprint density at radius 1 is 1.45 bits per heavy atom. The van der Waals surface area contributed by atoms with Crippen molar-refractivity contribution in [3.63, 3.8) is 0 Å². The van der Waals surface area contributed by atoms with E-state index < -0.39 is 12.0 Å². The fourth-order valence-corrected chi connectivity index (χ4v) is 5.57. The summed E-state index contributed by atoms with van der Waals surface area (Å²) in [6, 6.07) is -0.622. The minimum Gasteiger partial charge on any atom is -0.477 e. The Morgan fingerprint density at radius 2 is 2.20 bits per heavy atom. The van der Waals surface area contributed by atoms with E-state index in [4.69, 9.17) is 5.73 Å². The number of carbonyl (C=O) groups is 3. The molecule has 0 bridgehead atoms. The summed E-state index contributed by atoms with van der Waals surface area (Å²) in [5.41, 5.74) is 5.68. The number of carbonyl (C=O) groups excluding carboxylic acids is 2. The van der Waals surface area contributed by atoms with Gasteiger partial charge in [-0.25, -0.2) is 4.79 Å². The van der Waals surface area contributed by atoms with Crippen LogP contribution in [-0.2, 0) is 14.4 Å². The second kappa shape index (κ2) is 5.14. The number of fused-ring (bicyclic) bond motifs is 1. The molecule has 20 heavy (non-hydrogen) atoms. The van der Waals surface area contributed by atoms with E-state index in [1.165, 1.54) is 46.3 Å². The topological polar surface area (TPSA) is 101 Å². The van der Waals surface area contributed by atoms with Crippen molar-refractivity contribution in [1.29, 1.82) is 0 Å². The van der Waals surface area contributed by atoms with Crippen LogP contribution in [0.3, 0.4) is 0 Å². The van der Waals surface area contributed by atoms with Crippen molar-refractivity contribution in [2.75, 3.05) is 11.5 Å². The van der Waals surface area contributed by atoms with Crippen LogP contribution in [0.4, 0.5) is 0 Å². The van der Waals surface area contributed by atoms with Crippen LogP contribution in [0, 0.1) is 0 Å². The van der Waals surface area contributed by atoms with Gasteiger partial charge in [-0.1, -0.05) is 23.5 Å². The molecule has 0 aromatic carbocycles. The van der Waals surface area contributed by atoms with Gasteiger partial charge in [0.15, 0.2) is 0 Å². The molecule has 1 saturated heterocycles. The Kier molecular flexibility index (Phi) is 3.61. The summed E-state index contributed by atoms with van der Waals surface area (Å²) in [5, 5.41) is 9.05. The molecular weight excluding hydrogens is 320 g/mol. The number of hydrogen-bond acceptors (Lipinski definition) is 7. The summed E-state index contributed by atoms with van der Waals surface area (Å²) in [6.07, 6.45) is 1.52. The van der Waals surface area contributed by atoms with Crippen LogP contribution in [0.25, 0.3) is 0 Å². The Bertz CT molecular complexity index is 586. The van der Waals surface area contributed by atoms with E-state index >= 15 is 0 Å². The standard InChI is InChI=1S/C11H10N2O4S3/c12-7-9(15)13-8(11(16)17)5(3-19-10(7)13)20-4-1-6(14)18-2-4/h1,7,10H,2-3,12H2,(H,16,17)/t7-,10-/m1/s1. The number of rotatable bonds is 3. The number of carboxylic acids is 1. The third-order valence-corrected chi connectivity index (χ3v) is 6.70. The first kappa shape index (κ1) is 14.1. The number of hydrogen-bond donors (Lipinski definition) is 2. The van der Waals surface area contributed by atoms with Gasteiger partial charge in [-0.3, -0.25) is 14.5 Å². The molecule has 6 nitrogen and oxygen atoms in total. The average Bonchev–Trinajstić information content (AvgIpc) is 2.82. The van der Waals surface area contributed by atoms with Gasteiger partial charge in [-0.2, -0.15) is 0 Å². The Labute approximate surface area is 127 Å². The Morgan fingerprint density at radius 3 is 2.80 bits per heavy atom. The van der Waals surface area contributed by atoms with E-state index in [1.807, 2.05) is 0 Å². The average molecular weight is 330 g/mol.